The van der Waals surface area contributed by atoms with Crippen molar-refractivity contribution in [3.63, 3.8) is 0 Å². The minimum atomic E-state index is -3.64. The molecular weight excluding hydrogens is 478 g/mol. The summed E-state index contributed by atoms with van der Waals surface area (Å²) < 4.78 is 33.3. The summed E-state index contributed by atoms with van der Waals surface area (Å²) in [6.07, 6.45) is 1.25. The first-order chi connectivity index (χ1) is 17.3. The third-order valence-corrected chi connectivity index (χ3v) is 8.36. The first-order valence-corrected chi connectivity index (χ1v) is 13.4. The van der Waals surface area contributed by atoms with Crippen molar-refractivity contribution in [1.29, 1.82) is 0 Å². The molecule has 1 heterocycles. The molecule has 4 rings (SSSR count). The third-order valence-electron chi connectivity index (χ3n) is 6.47. The number of nitrogens with zero attached hydrogens (tertiary/aromatic N) is 1. The van der Waals surface area contributed by atoms with E-state index in [2.05, 4.69) is 10.6 Å². The maximum atomic E-state index is 13.2. The van der Waals surface area contributed by atoms with E-state index in [0.29, 0.717) is 31.7 Å². The lowest BCUT2D eigenvalue weighted by Crippen LogP contribution is -2.53. The van der Waals surface area contributed by atoms with Crippen molar-refractivity contribution < 1.29 is 22.7 Å². The SMILES string of the molecule is COc1ccccc1C[C@@H](NC(C)=O)C(=O)NC1CCN(S(=O)(=O)c2ccc3ccccc3c2)CC1. The molecule has 0 spiro atoms. The molecule has 0 saturated carbocycles. The maximum absolute atomic E-state index is 13.2. The third kappa shape index (κ3) is 5.85. The molecule has 190 valence electrons. The minimum Gasteiger partial charge on any atom is -0.496 e. The van der Waals surface area contributed by atoms with Gasteiger partial charge in [0.2, 0.25) is 21.8 Å². The summed E-state index contributed by atoms with van der Waals surface area (Å²) in [5.41, 5.74) is 0.810. The number of ether oxygens (including phenoxy) is 1. The van der Waals surface area contributed by atoms with Crippen LogP contribution in [0, 0.1) is 0 Å². The number of amides is 2. The van der Waals surface area contributed by atoms with Gasteiger partial charge in [-0.1, -0.05) is 48.5 Å². The van der Waals surface area contributed by atoms with Gasteiger partial charge in [-0.3, -0.25) is 9.59 Å². The van der Waals surface area contributed by atoms with Gasteiger partial charge in [0.15, 0.2) is 0 Å². The molecule has 1 atom stereocenters. The molecule has 8 nitrogen and oxygen atoms in total. The zero-order valence-corrected chi connectivity index (χ0v) is 21.3. The number of methoxy groups -OCH3 is 1. The van der Waals surface area contributed by atoms with Gasteiger partial charge >= 0.3 is 0 Å². The number of fused-ring (bicyclic) bond motifs is 1. The van der Waals surface area contributed by atoms with Gasteiger partial charge in [-0.2, -0.15) is 4.31 Å². The van der Waals surface area contributed by atoms with Crippen LogP contribution >= 0.6 is 0 Å². The van der Waals surface area contributed by atoms with Crippen LogP contribution in [0.4, 0.5) is 0 Å². The summed E-state index contributed by atoms with van der Waals surface area (Å²) in [4.78, 5) is 25.1. The van der Waals surface area contributed by atoms with Gasteiger partial charge in [0.25, 0.3) is 0 Å². The quantitative estimate of drug-likeness (QED) is 0.486. The Morgan fingerprint density at radius 1 is 1.00 bits per heavy atom. The van der Waals surface area contributed by atoms with Crippen molar-refractivity contribution >= 4 is 32.6 Å². The first kappa shape index (κ1) is 25.7. The number of piperidine rings is 1. The van der Waals surface area contributed by atoms with Crippen LogP contribution in [0.15, 0.2) is 71.6 Å². The van der Waals surface area contributed by atoms with Gasteiger partial charge in [-0.25, -0.2) is 8.42 Å². The van der Waals surface area contributed by atoms with Crippen molar-refractivity contribution in [3.05, 3.63) is 72.3 Å². The average Bonchev–Trinajstić information content (AvgIpc) is 2.88. The summed E-state index contributed by atoms with van der Waals surface area (Å²) >= 11 is 0. The monoisotopic (exact) mass is 509 g/mol. The van der Waals surface area contributed by atoms with Gasteiger partial charge in [-0.05, 0) is 47.4 Å². The van der Waals surface area contributed by atoms with Crippen LogP contribution in [0.1, 0.15) is 25.3 Å². The highest BCUT2D eigenvalue weighted by molar-refractivity contribution is 7.89. The van der Waals surface area contributed by atoms with Crippen LogP contribution in [0.5, 0.6) is 5.75 Å². The molecule has 0 aromatic heterocycles. The van der Waals surface area contributed by atoms with E-state index in [1.54, 1.807) is 19.2 Å². The highest BCUT2D eigenvalue weighted by Crippen LogP contribution is 2.25. The highest BCUT2D eigenvalue weighted by Gasteiger charge is 2.31. The van der Waals surface area contributed by atoms with E-state index in [1.165, 1.54) is 11.2 Å². The second kappa shape index (κ2) is 11.1. The summed E-state index contributed by atoms with van der Waals surface area (Å²) in [5, 5.41) is 7.59. The molecule has 3 aromatic rings. The van der Waals surface area contributed by atoms with Gasteiger partial charge < -0.3 is 15.4 Å². The molecule has 0 unspecified atom stereocenters. The predicted octanol–water partition coefficient (Wildman–Crippen LogP) is 2.87. The smallest absolute Gasteiger partial charge is 0.243 e. The van der Waals surface area contributed by atoms with E-state index in [1.807, 2.05) is 54.6 Å². The van der Waals surface area contributed by atoms with Crippen LogP contribution in [0.2, 0.25) is 0 Å². The van der Waals surface area contributed by atoms with E-state index in [-0.39, 0.29) is 29.2 Å². The van der Waals surface area contributed by atoms with Gasteiger partial charge in [0.05, 0.1) is 12.0 Å². The summed E-state index contributed by atoms with van der Waals surface area (Å²) in [5.74, 6) is 0.0427. The van der Waals surface area contributed by atoms with Gasteiger partial charge in [-0.15, -0.1) is 0 Å². The summed E-state index contributed by atoms with van der Waals surface area (Å²) in [6, 6.07) is 19.2. The minimum absolute atomic E-state index is 0.186. The Bertz CT molecular complexity index is 1350. The van der Waals surface area contributed by atoms with Crippen molar-refractivity contribution in [2.75, 3.05) is 20.2 Å². The number of para-hydroxylation sites is 1. The van der Waals surface area contributed by atoms with Crippen LogP contribution in [-0.4, -0.2) is 56.8 Å². The van der Waals surface area contributed by atoms with E-state index in [9.17, 15) is 18.0 Å². The molecule has 1 fully saturated rings. The van der Waals surface area contributed by atoms with Crippen LogP contribution in [-0.2, 0) is 26.0 Å². The molecule has 0 aliphatic carbocycles. The molecule has 0 bridgehead atoms. The Kier molecular flexibility index (Phi) is 7.91. The van der Waals surface area contributed by atoms with Crippen LogP contribution < -0.4 is 15.4 Å². The van der Waals surface area contributed by atoms with Crippen LogP contribution in [0.25, 0.3) is 10.8 Å². The predicted molar refractivity (Wildman–Crippen MR) is 138 cm³/mol. The Labute approximate surface area is 211 Å². The largest absolute Gasteiger partial charge is 0.496 e. The number of hydrogen-bond donors (Lipinski definition) is 2. The topological polar surface area (TPSA) is 105 Å². The first-order valence-electron chi connectivity index (χ1n) is 12.0. The standard InChI is InChI=1S/C27H31N3O5S/c1-19(31)28-25(18-22-9-5-6-10-26(22)35-2)27(32)29-23-13-15-30(16-14-23)36(33,34)24-12-11-20-7-3-4-8-21(20)17-24/h3-12,17,23,25H,13-16,18H2,1-2H3,(H,28,31)(H,29,32)/t25-/m1/s1. The molecular formula is C27H31N3O5S. The van der Waals surface area contributed by atoms with Crippen molar-refractivity contribution in [3.8, 4) is 5.75 Å². The Morgan fingerprint density at radius 2 is 1.67 bits per heavy atom. The van der Waals surface area contributed by atoms with E-state index in [4.69, 9.17) is 4.74 Å². The number of hydrogen-bond acceptors (Lipinski definition) is 5. The number of nitrogens with one attached hydrogen (secondary N) is 2. The fourth-order valence-electron chi connectivity index (χ4n) is 4.57. The second-order valence-electron chi connectivity index (χ2n) is 8.96. The highest BCUT2D eigenvalue weighted by atomic mass is 32.2. The molecule has 36 heavy (non-hydrogen) atoms. The molecule has 1 aliphatic rings. The van der Waals surface area contributed by atoms with E-state index in [0.717, 1.165) is 16.3 Å². The van der Waals surface area contributed by atoms with E-state index < -0.39 is 16.1 Å². The molecule has 1 aliphatic heterocycles. The number of rotatable bonds is 8. The molecule has 2 N–H and O–H groups in total. The zero-order chi connectivity index (χ0) is 25.7. The molecule has 0 radical (unpaired) electrons. The number of carbonyl (C=O) groups is 2. The van der Waals surface area contributed by atoms with Crippen molar-refractivity contribution in [2.24, 2.45) is 0 Å². The summed E-state index contributed by atoms with van der Waals surface area (Å²) in [6.45, 7) is 1.98. The van der Waals surface area contributed by atoms with Gasteiger partial charge in [0, 0.05) is 32.5 Å². The molecule has 9 heteroatoms. The lowest BCUT2D eigenvalue weighted by atomic mass is 10.0. The normalized spacial score (nSPS) is 15.8. The fourth-order valence-corrected chi connectivity index (χ4v) is 6.07. The average molecular weight is 510 g/mol. The number of benzene rings is 3. The number of sulfonamides is 1. The Morgan fingerprint density at radius 3 is 2.36 bits per heavy atom. The van der Waals surface area contributed by atoms with Crippen molar-refractivity contribution in [1.82, 2.24) is 14.9 Å². The lowest BCUT2D eigenvalue weighted by molar-refractivity contribution is -0.128. The van der Waals surface area contributed by atoms with E-state index >= 15 is 0 Å². The molecule has 1 saturated heterocycles. The molecule has 3 aromatic carbocycles. The Balaban J connectivity index is 1.39. The zero-order valence-electron chi connectivity index (χ0n) is 20.4. The summed E-state index contributed by atoms with van der Waals surface area (Å²) in [7, 11) is -2.07. The van der Waals surface area contributed by atoms with Gasteiger partial charge in [0.1, 0.15) is 11.8 Å². The Hall–Kier alpha value is -3.43. The molecule has 2 amide bonds. The van der Waals surface area contributed by atoms with Crippen molar-refractivity contribution in [2.45, 2.75) is 43.2 Å². The lowest BCUT2D eigenvalue weighted by Gasteiger charge is -2.32. The second-order valence-corrected chi connectivity index (χ2v) is 10.9. The fraction of sp³-hybridized carbons (Fsp3) is 0.333. The maximum Gasteiger partial charge on any atom is 0.243 e. The van der Waals surface area contributed by atoms with Crippen LogP contribution in [0.3, 0.4) is 0 Å². The number of carbonyl (C=O) groups excluding carboxylic acids is 2.